The quantitative estimate of drug-likeness (QED) is 0.794. The molecule has 0 heterocycles. The van der Waals surface area contributed by atoms with E-state index in [-0.39, 0.29) is 5.82 Å². The van der Waals surface area contributed by atoms with Crippen molar-refractivity contribution in [2.24, 2.45) is 11.8 Å². The third-order valence-corrected chi connectivity index (χ3v) is 3.73. The van der Waals surface area contributed by atoms with Crippen LogP contribution in [0.2, 0.25) is 0 Å². The first kappa shape index (κ1) is 11.5. The number of benzene rings is 1. The lowest BCUT2D eigenvalue weighted by molar-refractivity contribution is 0.622. The molecule has 2 aliphatic rings. The van der Waals surface area contributed by atoms with Crippen molar-refractivity contribution in [2.75, 3.05) is 18.0 Å². The molecule has 3 heteroatoms. The molecule has 0 atom stereocenters. The number of nitriles is 1. The summed E-state index contributed by atoms with van der Waals surface area (Å²) in [6.45, 7) is 2.04. The van der Waals surface area contributed by atoms with E-state index in [1.165, 1.54) is 31.7 Å². The molecule has 1 aromatic carbocycles. The molecule has 2 aliphatic carbocycles. The third-order valence-electron chi connectivity index (χ3n) is 3.73. The summed E-state index contributed by atoms with van der Waals surface area (Å²) in [6, 6.07) is 6.71. The van der Waals surface area contributed by atoms with E-state index in [1.807, 2.05) is 12.1 Å². The molecule has 0 bridgehead atoms. The maximum atomic E-state index is 13.5. The number of hydrogen-bond donors (Lipinski definition) is 0. The molecule has 0 aromatic heterocycles. The van der Waals surface area contributed by atoms with Crippen molar-refractivity contribution in [3.8, 4) is 6.07 Å². The molecule has 3 rings (SSSR count). The van der Waals surface area contributed by atoms with Crippen molar-refractivity contribution in [3.63, 3.8) is 0 Å². The minimum Gasteiger partial charge on any atom is -0.371 e. The van der Waals surface area contributed by atoms with E-state index in [0.717, 1.165) is 30.6 Å². The summed E-state index contributed by atoms with van der Waals surface area (Å²) in [6.07, 6.45) is 5.17. The van der Waals surface area contributed by atoms with Gasteiger partial charge in [0.25, 0.3) is 0 Å². The lowest BCUT2D eigenvalue weighted by Crippen LogP contribution is -2.28. The van der Waals surface area contributed by atoms with E-state index >= 15 is 0 Å². The van der Waals surface area contributed by atoms with Crippen LogP contribution in [0.3, 0.4) is 0 Å². The molecule has 0 aliphatic heterocycles. The van der Waals surface area contributed by atoms with Gasteiger partial charge in [0.2, 0.25) is 0 Å². The minimum atomic E-state index is -0.305. The zero-order chi connectivity index (χ0) is 12.5. The van der Waals surface area contributed by atoms with E-state index in [2.05, 4.69) is 4.90 Å². The number of hydrogen-bond acceptors (Lipinski definition) is 2. The van der Waals surface area contributed by atoms with Gasteiger partial charge in [-0.25, -0.2) is 4.39 Å². The van der Waals surface area contributed by atoms with Crippen molar-refractivity contribution in [3.05, 3.63) is 29.6 Å². The second-order valence-electron chi connectivity index (χ2n) is 5.60. The van der Waals surface area contributed by atoms with Crippen molar-refractivity contribution < 1.29 is 4.39 Å². The second-order valence-corrected chi connectivity index (χ2v) is 5.60. The Morgan fingerprint density at radius 3 is 2.22 bits per heavy atom. The van der Waals surface area contributed by atoms with E-state index < -0.39 is 0 Å². The van der Waals surface area contributed by atoms with Crippen LogP contribution in [-0.2, 0) is 0 Å². The first-order valence-corrected chi connectivity index (χ1v) is 6.70. The average Bonchev–Trinajstić information content (AvgIpc) is 3.22. The van der Waals surface area contributed by atoms with Gasteiger partial charge in [-0.2, -0.15) is 5.26 Å². The van der Waals surface area contributed by atoms with Crippen LogP contribution in [0.4, 0.5) is 10.1 Å². The summed E-state index contributed by atoms with van der Waals surface area (Å²) in [5, 5.41) is 8.92. The molecule has 0 N–H and O–H groups in total. The number of anilines is 1. The lowest BCUT2D eigenvalue weighted by Gasteiger charge is -2.25. The Labute approximate surface area is 107 Å². The minimum absolute atomic E-state index is 0.305. The van der Waals surface area contributed by atoms with Gasteiger partial charge >= 0.3 is 0 Å². The molecule has 2 nitrogen and oxygen atoms in total. The standard InChI is InChI=1S/C15H17FN2/c16-14-5-13(8-17)6-15(7-14)18(9-11-1-2-11)10-12-3-4-12/h5-7,11-12H,1-4,9-10H2. The number of nitrogens with zero attached hydrogens (tertiary/aromatic N) is 2. The zero-order valence-electron chi connectivity index (χ0n) is 10.4. The van der Waals surface area contributed by atoms with Crippen LogP contribution in [0, 0.1) is 29.0 Å². The molecule has 1 aromatic rings. The largest absolute Gasteiger partial charge is 0.371 e. The molecule has 0 amide bonds. The molecule has 2 fully saturated rings. The fourth-order valence-electron chi connectivity index (χ4n) is 2.33. The van der Waals surface area contributed by atoms with Gasteiger partial charge in [0.15, 0.2) is 0 Å². The van der Waals surface area contributed by atoms with Crippen LogP contribution < -0.4 is 4.90 Å². The van der Waals surface area contributed by atoms with Gasteiger partial charge in [-0.15, -0.1) is 0 Å². The van der Waals surface area contributed by atoms with Gasteiger partial charge in [0.05, 0.1) is 11.6 Å². The van der Waals surface area contributed by atoms with Crippen LogP contribution in [0.1, 0.15) is 31.2 Å². The van der Waals surface area contributed by atoms with E-state index in [0.29, 0.717) is 5.56 Å². The molecule has 0 unspecified atom stereocenters. The Balaban J connectivity index is 1.82. The van der Waals surface area contributed by atoms with Crippen molar-refractivity contribution in [2.45, 2.75) is 25.7 Å². The highest BCUT2D eigenvalue weighted by Gasteiger charge is 2.29. The van der Waals surface area contributed by atoms with Crippen LogP contribution >= 0.6 is 0 Å². The third kappa shape index (κ3) is 2.81. The predicted molar refractivity (Wildman–Crippen MR) is 68.8 cm³/mol. The van der Waals surface area contributed by atoms with Crippen molar-refractivity contribution in [1.29, 1.82) is 5.26 Å². The second kappa shape index (κ2) is 4.61. The Bertz CT molecular complexity index is 470. The SMILES string of the molecule is N#Cc1cc(F)cc(N(CC2CC2)CC2CC2)c1. The molecule has 0 saturated heterocycles. The van der Waals surface area contributed by atoms with E-state index in [9.17, 15) is 4.39 Å². The summed E-state index contributed by atoms with van der Waals surface area (Å²) in [5.41, 5.74) is 1.30. The van der Waals surface area contributed by atoms with Gasteiger partial charge < -0.3 is 4.90 Å². The number of rotatable bonds is 5. The summed E-state index contributed by atoms with van der Waals surface area (Å²) in [5.74, 6) is 1.25. The first-order valence-electron chi connectivity index (χ1n) is 6.70. The molecule has 2 saturated carbocycles. The summed E-state index contributed by atoms with van der Waals surface area (Å²) in [7, 11) is 0. The maximum Gasteiger partial charge on any atom is 0.126 e. The van der Waals surface area contributed by atoms with Crippen LogP contribution in [0.15, 0.2) is 18.2 Å². The molecule has 94 valence electrons. The first-order chi connectivity index (χ1) is 8.74. The van der Waals surface area contributed by atoms with Gasteiger partial charge in [0, 0.05) is 18.8 Å². The predicted octanol–water partition coefficient (Wildman–Crippen LogP) is 3.32. The van der Waals surface area contributed by atoms with Crippen LogP contribution in [0.5, 0.6) is 0 Å². The fourth-order valence-corrected chi connectivity index (χ4v) is 2.33. The van der Waals surface area contributed by atoms with Gasteiger partial charge in [-0.1, -0.05) is 0 Å². The highest BCUT2D eigenvalue weighted by atomic mass is 19.1. The normalized spacial score (nSPS) is 18.4. The number of halogens is 1. The summed E-state index contributed by atoms with van der Waals surface area (Å²) in [4.78, 5) is 2.28. The smallest absolute Gasteiger partial charge is 0.126 e. The highest BCUT2D eigenvalue weighted by molar-refractivity contribution is 5.52. The molecule has 0 radical (unpaired) electrons. The zero-order valence-corrected chi connectivity index (χ0v) is 10.4. The highest BCUT2D eigenvalue weighted by Crippen LogP contribution is 2.36. The van der Waals surface area contributed by atoms with E-state index in [4.69, 9.17) is 5.26 Å². The van der Waals surface area contributed by atoms with Crippen molar-refractivity contribution in [1.82, 2.24) is 0 Å². The monoisotopic (exact) mass is 244 g/mol. The van der Waals surface area contributed by atoms with Crippen LogP contribution in [0.25, 0.3) is 0 Å². The summed E-state index contributed by atoms with van der Waals surface area (Å²) < 4.78 is 13.5. The molecule has 18 heavy (non-hydrogen) atoms. The van der Waals surface area contributed by atoms with Gasteiger partial charge in [-0.05, 0) is 55.7 Å². The topological polar surface area (TPSA) is 27.0 Å². The Morgan fingerprint density at radius 1 is 1.11 bits per heavy atom. The molecular formula is C15H17FN2. The summed E-state index contributed by atoms with van der Waals surface area (Å²) >= 11 is 0. The Kier molecular flexibility index (Phi) is 2.95. The Hall–Kier alpha value is -1.56. The molecule has 0 spiro atoms. The molecular weight excluding hydrogens is 227 g/mol. The maximum absolute atomic E-state index is 13.5. The van der Waals surface area contributed by atoms with Gasteiger partial charge in [-0.3, -0.25) is 0 Å². The van der Waals surface area contributed by atoms with Gasteiger partial charge in [0.1, 0.15) is 5.82 Å². The Morgan fingerprint density at radius 2 is 1.72 bits per heavy atom. The van der Waals surface area contributed by atoms with Crippen molar-refractivity contribution >= 4 is 5.69 Å². The fraction of sp³-hybridized carbons (Fsp3) is 0.533. The average molecular weight is 244 g/mol. The van der Waals surface area contributed by atoms with E-state index in [1.54, 1.807) is 6.07 Å². The lowest BCUT2D eigenvalue weighted by atomic mass is 10.1. The van der Waals surface area contributed by atoms with Crippen LogP contribution in [-0.4, -0.2) is 13.1 Å².